The summed E-state index contributed by atoms with van der Waals surface area (Å²) in [7, 11) is 1.55. The first-order valence-corrected chi connectivity index (χ1v) is 13.7. The summed E-state index contributed by atoms with van der Waals surface area (Å²) in [5.41, 5.74) is 11.9. The summed E-state index contributed by atoms with van der Waals surface area (Å²) in [6.07, 6.45) is 0.178. The first-order valence-electron chi connectivity index (χ1n) is 13.0. The van der Waals surface area contributed by atoms with Crippen molar-refractivity contribution in [3.63, 3.8) is 0 Å². The quantitative estimate of drug-likeness (QED) is 0.0303. The number of likely N-dealkylation sites (N-methyl/N-ethyl adjacent to an activating group) is 1. The molecule has 15 nitrogen and oxygen atoms in total. The maximum absolute atomic E-state index is 12.6. The summed E-state index contributed by atoms with van der Waals surface area (Å²) in [4.78, 5) is 75.0. The van der Waals surface area contributed by atoms with E-state index in [0.29, 0.717) is 12.7 Å². The van der Waals surface area contributed by atoms with Crippen molar-refractivity contribution < 1.29 is 33.9 Å². The van der Waals surface area contributed by atoms with Crippen LogP contribution in [0.25, 0.3) is 0 Å². The van der Waals surface area contributed by atoms with Gasteiger partial charge in [-0.15, -0.1) is 0 Å². The summed E-state index contributed by atoms with van der Waals surface area (Å²) in [6, 6.07) is 6.20. The van der Waals surface area contributed by atoms with Crippen LogP contribution in [0.5, 0.6) is 0 Å². The van der Waals surface area contributed by atoms with Crippen molar-refractivity contribution in [1.29, 1.82) is 0 Å². The fourth-order valence-corrected chi connectivity index (χ4v) is 3.51. The van der Waals surface area contributed by atoms with Gasteiger partial charge in [-0.3, -0.25) is 29.0 Å². The molecule has 0 spiro atoms. The number of nitrogens with zero attached hydrogens (tertiary/aromatic N) is 1. The molecular weight excluding hydrogens is 568 g/mol. The van der Waals surface area contributed by atoms with E-state index in [0.717, 1.165) is 0 Å². The first kappa shape index (κ1) is 37.8. The van der Waals surface area contributed by atoms with Crippen LogP contribution < -0.4 is 38.1 Å². The summed E-state index contributed by atoms with van der Waals surface area (Å²) in [5.74, 6) is -4.23. The summed E-state index contributed by atoms with van der Waals surface area (Å²) < 4.78 is 0. The normalized spacial score (nSPS) is 13.0. The average molecular weight is 611 g/mol. The molecule has 4 amide bonds. The van der Waals surface area contributed by atoms with Crippen molar-refractivity contribution in [1.82, 2.24) is 26.6 Å². The van der Waals surface area contributed by atoms with Gasteiger partial charge in [0, 0.05) is 12.3 Å². The number of thiol groups is 1. The third-order valence-corrected chi connectivity index (χ3v) is 5.76. The molecule has 0 aliphatic heterocycles. The highest BCUT2D eigenvalue weighted by atomic mass is 32.1. The van der Waals surface area contributed by atoms with Gasteiger partial charge in [0.2, 0.25) is 23.6 Å². The van der Waals surface area contributed by atoms with Gasteiger partial charge in [-0.25, -0.2) is 0 Å². The maximum atomic E-state index is 12.6. The van der Waals surface area contributed by atoms with Crippen LogP contribution in [0.3, 0.4) is 0 Å². The first-order chi connectivity index (χ1) is 19.8. The molecule has 1 aromatic carbocycles. The molecule has 0 heterocycles. The minimum atomic E-state index is -1.47. The predicted octanol–water partition coefficient (Wildman–Crippen LogP) is -2.18. The Bertz CT molecular complexity index is 1050. The van der Waals surface area contributed by atoms with E-state index >= 15 is 0 Å². The molecule has 16 heteroatoms. The van der Waals surface area contributed by atoms with E-state index in [-0.39, 0.29) is 24.7 Å². The standard InChI is InChI=1S/C19H34N8O7S.C7H8/c1-10(8-28)25-17(33)12(6-15(30)31)26-14(29)7-24-16(32)11(4-3-5-23-19(20)21)27-18(34)13(9-35)22-2;1-7-5-3-2-4-6-7/h8,10-13,22,35H,3-7,9H2,1-2H3,(H,24,32)(H,25,33)(H,26,29)(H,27,34)(H,30,31)(H4,20,21,23);2-6H,1H3. The van der Waals surface area contributed by atoms with Crippen molar-refractivity contribution in [3.8, 4) is 0 Å². The number of aryl methyl sites for hydroxylation is 1. The van der Waals surface area contributed by atoms with Crippen molar-refractivity contribution in [3.05, 3.63) is 35.9 Å². The van der Waals surface area contributed by atoms with Crippen LogP contribution in [0.1, 0.15) is 31.7 Å². The zero-order chi connectivity index (χ0) is 32.1. The molecule has 4 unspecified atom stereocenters. The molecule has 0 saturated heterocycles. The number of aldehydes is 1. The van der Waals surface area contributed by atoms with Gasteiger partial charge in [-0.05, 0) is 33.7 Å². The summed E-state index contributed by atoms with van der Waals surface area (Å²) in [6.45, 7) is 3.06. The Morgan fingerprint density at radius 1 is 0.976 bits per heavy atom. The van der Waals surface area contributed by atoms with Crippen LogP contribution in [0, 0.1) is 6.92 Å². The molecule has 0 aliphatic rings. The van der Waals surface area contributed by atoms with Crippen molar-refractivity contribution in [2.24, 2.45) is 16.5 Å². The molecule has 10 N–H and O–H groups in total. The Hall–Kier alpha value is -4.18. The van der Waals surface area contributed by atoms with Gasteiger partial charge in [0.25, 0.3) is 0 Å². The predicted molar refractivity (Wildman–Crippen MR) is 161 cm³/mol. The maximum Gasteiger partial charge on any atom is 0.305 e. The average Bonchev–Trinajstić information content (AvgIpc) is 2.93. The lowest BCUT2D eigenvalue weighted by Crippen LogP contribution is -2.55. The molecule has 1 rings (SSSR count). The molecular formula is C26H42N8O7S. The Kier molecular flexibility index (Phi) is 19.4. The van der Waals surface area contributed by atoms with E-state index in [4.69, 9.17) is 16.6 Å². The summed E-state index contributed by atoms with van der Waals surface area (Å²) >= 11 is 4.07. The fraction of sp³-hybridized carbons (Fsp3) is 0.500. The molecule has 0 radical (unpaired) electrons. The van der Waals surface area contributed by atoms with Gasteiger partial charge in [0.1, 0.15) is 18.4 Å². The van der Waals surface area contributed by atoms with Gasteiger partial charge < -0.3 is 48.0 Å². The van der Waals surface area contributed by atoms with Crippen molar-refractivity contribution >= 4 is 54.5 Å². The van der Waals surface area contributed by atoms with Crippen LogP contribution in [-0.4, -0.2) is 97.0 Å². The highest BCUT2D eigenvalue weighted by Crippen LogP contribution is 2.01. The fourth-order valence-electron chi connectivity index (χ4n) is 3.16. The van der Waals surface area contributed by atoms with Gasteiger partial charge >= 0.3 is 5.97 Å². The zero-order valence-corrected chi connectivity index (χ0v) is 24.9. The smallest absolute Gasteiger partial charge is 0.305 e. The third-order valence-electron chi connectivity index (χ3n) is 5.39. The number of carbonyl (C=O) groups is 6. The van der Waals surface area contributed by atoms with E-state index in [1.165, 1.54) is 12.5 Å². The van der Waals surface area contributed by atoms with Crippen molar-refractivity contribution in [2.45, 2.75) is 57.3 Å². The lowest BCUT2D eigenvalue weighted by Gasteiger charge is -2.22. The third kappa shape index (κ3) is 17.5. The molecule has 0 saturated carbocycles. The van der Waals surface area contributed by atoms with Crippen LogP contribution >= 0.6 is 12.6 Å². The molecule has 42 heavy (non-hydrogen) atoms. The number of amides is 4. The second-order valence-electron chi connectivity index (χ2n) is 9.06. The van der Waals surface area contributed by atoms with Gasteiger partial charge in [0.05, 0.1) is 25.0 Å². The second kappa shape index (κ2) is 21.6. The molecule has 1 aromatic rings. The lowest BCUT2D eigenvalue weighted by molar-refractivity contribution is -0.141. The van der Waals surface area contributed by atoms with Crippen LogP contribution in [0.4, 0.5) is 0 Å². The SMILES string of the molecule is CNC(CS)C(=O)NC(CCCN=C(N)N)C(=O)NCC(=O)NC(CC(=O)O)C(=O)NC(C)C=O.Cc1ccccc1. The molecule has 0 bridgehead atoms. The van der Waals surface area contributed by atoms with E-state index in [1.54, 1.807) is 7.05 Å². The second-order valence-corrected chi connectivity index (χ2v) is 9.42. The van der Waals surface area contributed by atoms with E-state index in [2.05, 4.69) is 63.3 Å². The number of carboxylic acid groups (broad SMARTS) is 1. The number of guanidine groups is 1. The molecule has 234 valence electrons. The monoisotopic (exact) mass is 610 g/mol. The minimum absolute atomic E-state index is 0.125. The largest absolute Gasteiger partial charge is 0.481 e. The number of benzene rings is 1. The van der Waals surface area contributed by atoms with E-state index in [9.17, 15) is 28.8 Å². The number of nitrogens with two attached hydrogens (primary N) is 2. The van der Waals surface area contributed by atoms with E-state index in [1.807, 2.05) is 18.2 Å². The number of carboxylic acids is 1. The number of hydrogen-bond acceptors (Lipinski definition) is 9. The number of aliphatic carboxylic acids is 1. The van der Waals surface area contributed by atoms with E-state index < -0.39 is 66.7 Å². The van der Waals surface area contributed by atoms with Crippen LogP contribution in [0.2, 0.25) is 0 Å². The number of aliphatic imine (C=N–C) groups is 1. The zero-order valence-electron chi connectivity index (χ0n) is 24.0. The number of nitrogens with one attached hydrogen (secondary N) is 5. The van der Waals surface area contributed by atoms with Gasteiger partial charge in [-0.1, -0.05) is 35.9 Å². The Balaban J connectivity index is 0.00000207. The Morgan fingerprint density at radius 2 is 1.60 bits per heavy atom. The minimum Gasteiger partial charge on any atom is -0.481 e. The lowest BCUT2D eigenvalue weighted by atomic mass is 10.1. The van der Waals surface area contributed by atoms with Crippen LogP contribution in [-0.2, 0) is 28.8 Å². The Morgan fingerprint density at radius 3 is 2.07 bits per heavy atom. The molecule has 0 fully saturated rings. The molecule has 0 aromatic heterocycles. The van der Waals surface area contributed by atoms with Gasteiger partial charge in [0.15, 0.2) is 5.96 Å². The number of hydrogen-bond donors (Lipinski definition) is 9. The summed E-state index contributed by atoms with van der Waals surface area (Å²) in [5, 5.41) is 21.1. The van der Waals surface area contributed by atoms with Crippen molar-refractivity contribution in [2.75, 3.05) is 25.9 Å². The highest BCUT2D eigenvalue weighted by Gasteiger charge is 2.27. The highest BCUT2D eigenvalue weighted by molar-refractivity contribution is 7.80. The van der Waals surface area contributed by atoms with Crippen LogP contribution in [0.15, 0.2) is 35.3 Å². The topological polar surface area (TPSA) is 247 Å². The number of carbonyl (C=O) groups excluding carboxylic acids is 5. The number of rotatable bonds is 17. The molecule has 4 atom stereocenters. The van der Waals surface area contributed by atoms with Gasteiger partial charge in [-0.2, -0.15) is 12.6 Å². The Labute approximate surface area is 250 Å². The molecule has 0 aliphatic carbocycles.